The second-order valence-electron chi connectivity index (χ2n) is 13.7. The number of ether oxygens (including phenoxy) is 2. The van der Waals surface area contributed by atoms with E-state index in [1.54, 1.807) is 19.3 Å². The zero-order valence-electron chi connectivity index (χ0n) is 32.5. The van der Waals surface area contributed by atoms with Crippen LogP contribution in [0.2, 0.25) is 0 Å². The summed E-state index contributed by atoms with van der Waals surface area (Å²) in [7, 11) is 0. The van der Waals surface area contributed by atoms with Crippen molar-refractivity contribution >= 4 is 24.0 Å². The molecule has 2 aromatic carbocycles. The molecule has 54 heavy (non-hydrogen) atoms. The van der Waals surface area contributed by atoms with E-state index in [2.05, 4.69) is 85.4 Å². The van der Waals surface area contributed by atoms with E-state index in [1.807, 2.05) is 30.1 Å². The van der Waals surface area contributed by atoms with Gasteiger partial charge in [0.25, 0.3) is 0 Å². The van der Waals surface area contributed by atoms with Crippen LogP contribution >= 0.6 is 0 Å². The van der Waals surface area contributed by atoms with Crippen molar-refractivity contribution in [1.82, 2.24) is 29.4 Å². The van der Waals surface area contributed by atoms with Crippen LogP contribution in [0.5, 0.6) is 0 Å². The molecule has 6 rings (SSSR count). The molecule has 0 aliphatic carbocycles. The maximum atomic E-state index is 11.9. The number of hydrogen-bond acceptors (Lipinski definition) is 10. The lowest BCUT2D eigenvalue weighted by Gasteiger charge is -2.32. The number of hydrogen-bond donors (Lipinski definition) is 0. The smallest absolute Gasteiger partial charge is 0.341 e. The van der Waals surface area contributed by atoms with Gasteiger partial charge >= 0.3 is 11.9 Å². The highest BCUT2D eigenvalue weighted by Crippen LogP contribution is 2.27. The first-order valence-corrected chi connectivity index (χ1v) is 19.0. The molecule has 2 aliphatic rings. The quantitative estimate of drug-likeness (QED) is 0.0893. The summed E-state index contributed by atoms with van der Waals surface area (Å²) in [4.78, 5) is 48.5. The average Bonchev–Trinajstić information content (AvgIpc) is 3.75. The lowest BCUT2D eigenvalue weighted by molar-refractivity contribution is -0.145. The zero-order valence-corrected chi connectivity index (χ0v) is 32.5. The molecule has 2 aliphatic heterocycles. The summed E-state index contributed by atoms with van der Waals surface area (Å²) in [5, 5.41) is 8.84. The third-order valence-corrected chi connectivity index (χ3v) is 9.75. The average molecular weight is 741 g/mol. The number of rotatable bonds is 12. The number of benzene rings is 2. The highest BCUT2D eigenvalue weighted by atomic mass is 16.5. The van der Waals surface area contributed by atoms with E-state index < -0.39 is 5.97 Å². The number of esters is 2. The molecule has 2 saturated heterocycles. The molecule has 2 aromatic heterocycles. The second kappa shape index (κ2) is 21.7. The molecular weight excluding hydrogens is 684 g/mol. The van der Waals surface area contributed by atoms with E-state index in [0.717, 1.165) is 82.6 Å². The minimum absolute atomic E-state index is 0.103. The molecule has 0 N–H and O–H groups in total. The van der Waals surface area contributed by atoms with Crippen molar-refractivity contribution in [2.45, 2.75) is 91.9 Å². The van der Waals surface area contributed by atoms with E-state index in [4.69, 9.17) is 4.74 Å². The summed E-state index contributed by atoms with van der Waals surface area (Å²) in [5.74, 6) is -0.874. The van der Waals surface area contributed by atoms with Crippen molar-refractivity contribution in [3.63, 3.8) is 0 Å². The maximum absolute atomic E-state index is 11.9. The van der Waals surface area contributed by atoms with E-state index in [1.165, 1.54) is 18.1 Å². The number of aromatic nitrogens is 4. The van der Waals surface area contributed by atoms with Gasteiger partial charge in [0.1, 0.15) is 17.8 Å². The number of Topliss-reactive ketones (excluding diaryl/α,β-unsaturated/α-hetero) is 1. The Labute approximate surface area is 319 Å². The first kappa shape index (κ1) is 41.8. The van der Waals surface area contributed by atoms with Crippen LogP contribution in [0.1, 0.15) is 108 Å². The molecule has 0 amide bonds. The fourth-order valence-corrected chi connectivity index (χ4v) is 6.86. The molecule has 12 nitrogen and oxygen atoms in total. The molecule has 0 radical (unpaired) electrons. The number of nitrogens with zero attached hydrogens (tertiary/aromatic N) is 6. The van der Waals surface area contributed by atoms with Crippen LogP contribution in [0.15, 0.2) is 73.1 Å². The molecule has 4 heterocycles. The Bertz CT molecular complexity index is 1760. The van der Waals surface area contributed by atoms with Crippen LogP contribution in [-0.2, 0) is 32.2 Å². The topological polar surface area (TPSA) is 129 Å². The number of carbonyl (C=O) groups excluding carboxylic acids is 4. The fraction of sp³-hybridized carbons (Fsp3) is 0.476. The maximum Gasteiger partial charge on any atom is 0.341 e. The molecule has 0 atom stereocenters. The van der Waals surface area contributed by atoms with Crippen LogP contribution in [0.25, 0.3) is 0 Å². The van der Waals surface area contributed by atoms with Crippen molar-refractivity contribution in [3.05, 3.63) is 107 Å². The van der Waals surface area contributed by atoms with Gasteiger partial charge in [-0.2, -0.15) is 10.2 Å². The van der Waals surface area contributed by atoms with Crippen LogP contribution in [0.3, 0.4) is 0 Å². The Kier molecular flexibility index (Phi) is 16.8. The van der Waals surface area contributed by atoms with Crippen LogP contribution in [-0.4, -0.2) is 92.8 Å². The first-order valence-electron chi connectivity index (χ1n) is 19.0. The number of aldehydes is 1. The molecule has 0 saturated carbocycles. The van der Waals surface area contributed by atoms with Crippen molar-refractivity contribution in [1.29, 1.82) is 0 Å². The molecule has 0 spiro atoms. The van der Waals surface area contributed by atoms with Gasteiger partial charge in [-0.1, -0.05) is 60.7 Å². The van der Waals surface area contributed by atoms with Gasteiger partial charge in [-0.3, -0.25) is 33.5 Å². The summed E-state index contributed by atoms with van der Waals surface area (Å²) in [5.41, 5.74) is 5.93. The molecule has 4 aromatic rings. The third-order valence-electron chi connectivity index (χ3n) is 9.75. The van der Waals surface area contributed by atoms with Gasteiger partial charge in [-0.15, -0.1) is 0 Å². The number of piperidine rings is 2. The summed E-state index contributed by atoms with van der Waals surface area (Å²) in [6, 6.07) is 22.0. The predicted molar refractivity (Wildman–Crippen MR) is 207 cm³/mol. The van der Waals surface area contributed by atoms with Gasteiger partial charge in [-0.05, 0) is 71.4 Å². The van der Waals surface area contributed by atoms with Crippen molar-refractivity contribution in [2.24, 2.45) is 0 Å². The minimum Gasteiger partial charge on any atom is -0.466 e. The standard InChI is InChI=1S/C19H25N3O2.C17H21N3O.C6H10O3/c1-3-24-19(23)18-13-20-22(15(18)2)17-9-11-21(12-10-17)14-16-7-5-4-6-8-16;1-14-16(13-21)11-18-20(14)17-7-9-19(10-8-17)12-15-5-3-2-4-6-15;1-3-9-6(8)4-5(2)7/h4-8,13,17H,3,9-12,14H2,1-2H3;2-6,11,13,17H,7-10,12H2,1H3;3-4H2,1-2H3. The highest BCUT2D eigenvalue weighted by Gasteiger charge is 2.25. The monoisotopic (exact) mass is 740 g/mol. The summed E-state index contributed by atoms with van der Waals surface area (Å²) < 4.78 is 13.6. The zero-order chi connectivity index (χ0) is 38.9. The Morgan fingerprint density at radius 3 is 1.59 bits per heavy atom. The summed E-state index contributed by atoms with van der Waals surface area (Å²) in [6.45, 7) is 15.8. The lowest BCUT2D eigenvalue weighted by Crippen LogP contribution is -2.34. The van der Waals surface area contributed by atoms with Gasteiger partial charge < -0.3 is 9.47 Å². The molecule has 2 fully saturated rings. The van der Waals surface area contributed by atoms with E-state index in [0.29, 0.717) is 36.4 Å². The summed E-state index contributed by atoms with van der Waals surface area (Å²) in [6.07, 6.45) is 8.40. The SMILES string of the molecule is CCOC(=O)CC(C)=O.CCOC(=O)c1cnn(C2CCN(Cc3ccccc3)CC2)c1C.Cc1c(C=O)cnn1C1CCN(Cc2ccccc2)CC1. The lowest BCUT2D eigenvalue weighted by atomic mass is 10.0. The van der Waals surface area contributed by atoms with E-state index >= 15 is 0 Å². The highest BCUT2D eigenvalue weighted by molar-refractivity contribution is 5.94. The van der Waals surface area contributed by atoms with Crippen molar-refractivity contribution in [3.8, 4) is 0 Å². The number of likely N-dealkylation sites (tertiary alicyclic amines) is 2. The normalized spacial score (nSPS) is 15.3. The first-order chi connectivity index (χ1) is 26.1. The van der Waals surface area contributed by atoms with Gasteiger partial charge in [0.15, 0.2) is 6.29 Å². The Balaban J connectivity index is 0.000000199. The predicted octanol–water partition coefficient (Wildman–Crippen LogP) is 6.58. The van der Waals surface area contributed by atoms with Gasteiger partial charge in [0.05, 0.1) is 48.9 Å². The molecule has 0 unspecified atom stereocenters. The van der Waals surface area contributed by atoms with Gasteiger partial charge in [-0.25, -0.2) is 4.79 Å². The van der Waals surface area contributed by atoms with Gasteiger partial charge in [0, 0.05) is 45.0 Å². The second-order valence-corrected chi connectivity index (χ2v) is 13.7. The molecule has 290 valence electrons. The van der Waals surface area contributed by atoms with Crippen LogP contribution in [0.4, 0.5) is 0 Å². The Hall–Kier alpha value is -4.94. The van der Waals surface area contributed by atoms with Crippen LogP contribution < -0.4 is 0 Å². The van der Waals surface area contributed by atoms with Crippen molar-refractivity contribution < 1.29 is 28.7 Å². The minimum atomic E-state index is -0.440. The third kappa shape index (κ3) is 12.6. The number of carbonyl (C=O) groups is 4. The van der Waals surface area contributed by atoms with E-state index in [-0.39, 0.29) is 18.2 Å². The van der Waals surface area contributed by atoms with Crippen LogP contribution in [0, 0.1) is 13.8 Å². The number of ketones is 1. The van der Waals surface area contributed by atoms with Crippen molar-refractivity contribution in [2.75, 3.05) is 39.4 Å². The summed E-state index contributed by atoms with van der Waals surface area (Å²) >= 11 is 0. The Morgan fingerprint density at radius 1 is 0.704 bits per heavy atom. The van der Waals surface area contributed by atoms with E-state index in [9.17, 15) is 19.2 Å². The fourth-order valence-electron chi connectivity index (χ4n) is 6.86. The molecular formula is C42H56N6O6. The molecule has 12 heteroatoms. The molecule has 0 bridgehead atoms. The Morgan fingerprint density at radius 2 is 1.17 bits per heavy atom. The van der Waals surface area contributed by atoms with Gasteiger partial charge in [0.2, 0.25) is 0 Å². The largest absolute Gasteiger partial charge is 0.466 e.